The van der Waals surface area contributed by atoms with E-state index in [9.17, 15) is 13.2 Å². The minimum absolute atomic E-state index is 0.136. The molecule has 0 unspecified atom stereocenters. The van der Waals surface area contributed by atoms with Crippen LogP contribution in [0.1, 0.15) is 18.2 Å². The van der Waals surface area contributed by atoms with Gasteiger partial charge in [0, 0.05) is 56.0 Å². The van der Waals surface area contributed by atoms with E-state index in [0.717, 1.165) is 16.8 Å². The summed E-state index contributed by atoms with van der Waals surface area (Å²) in [7, 11) is -1.94. The molecule has 0 atom stereocenters. The first kappa shape index (κ1) is 22.0. The molecule has 2 aromatic carbocycles. The maximum Gasteiger partial charge on any atom is 0.279 e. The van der Waals surface area contributed by atoms with Crippen LogP contribution in [0.4, 0.5) is 5.69 Å². The smallest absolute Gasteiger partial charge is 0.279 e. The Bertz CT molecular complexity index is 1460. The van der Waals surface area contributed by atoms with Crippen molar-refractivity contribution in [3.63, 3.8) is 0 Å². The van der Waals surface area contributed by atoms with E-state index >= 15 is 0 Å². The Morgan fingerprint density at radius 3 is 2.53 bits per heavy atom. The van der Waals surface area contributed by atoms with E-state index in [2.05, 4.69) is 20.6 Å². The second-order valence-corrected chi connectivity index (χ2v) is 9.92. The molecule has 0 saturated carbocycles. The maximum atomic E-state index is 13.3. The molecule has 10 nitrogen and oxygen atoms in total. The number of aromatic nitrogens is 4. The van der Waals surface area contributed by atoms with Gasteiger partial charge in [-0.2, -0.15) is 14.4 Å². The standard InChI is InChI=1S/C23H22N6O4S/c1-15(30)24-17-8-10-18(11-9-17)34(31,32)29-13-12-20-19(14-29)21(26-28(20)2)23-25-22(27-33-23)16-6-4-3-5-7-16/h3-11H,12-14H2,1-2H3,(H,24,30). The summed E-state index contributed by atoms with van der Waals surface area (Å²) in [6.07, 6.45) is 0.502. The van der Waals surface area contributed by atoms with Crippen LogP contribution in [0.2, 0.25) is 0 Å². The molecular weight excluding hydrogens is 456 g/mol. The molecule has 0 aliphatic carbocycles. The van der Waals surface area contributed by atoms with Gasteiger partial charge in [0.05, 0.1) is 4.90 Å². The first-order valence-electron chi connectivity index (χ1n) is 10.6. The Morgan fingerprint density at radius 1 is 1.09 bits per heavy atom. The predicted molar refractivity (Wildman–Crippen MR) is 124 cm³/mol. The molecule has 1 aliphatic rings. The summed E-state index contributed by atoms with van der Waals surface area (Å²) in [5.41, 5.74) is 3.51. The van der Waals surface area contributed by atoms with Crippen LogP contribution in [0.5, 0.6) is 0 Å². The Labute approximate surface area is 196 Å². The molecule has 174 valence electrons. The van der Waals surface area contributed by atoms with Crippen LogP contribution in [0.3, 0.4) is 0 Å². The van der Waals surface area contributed by atoms with Crippen LogP contribution in [0.15, 0.2) is 64.0 Å². The van der Waals surface area contributed by atoms with Crippen molar-refractivity contribution in [1.29, 1.82) is 0 Å². The molecule has 0 spiro atoms. The van der Waals surface area contributed by atoms with Crippen molar-refractivity contribution in [3.05, 3.63) is 65.9 Å². The van der Waals surface area contributed by atoms with Crippen molar-refractivity contribution < 1.29 is 17.7 Å². The first-order chi connectivity index (χ1) is 16.3. The summed E-state index contributed by atoms with van der Waals surface area (Å²) in [5, 5.41) is 11.3. The average molecular weight is 479 g/mol. The van der Waals surface area contributed by atoms with E-state index in [1.165, 1.54) is 23.4 Å². The van der Waals surface area contributed by atoms with Crippen molar-refractivity contribution in [1.82, 2.24) is 24.2 Å². The van der Waals surface area contributed by atoms with Crippen molar-refractivity contribution in [2.24, 2.45) is 7.05 Å². The lowest BCUT2D eigenvalue weighted by Gasteiger charge is -2.26. The number of anilines is 1. The summed E-state index contributed by atoms with van der Waals surface area (Å²) >= 11 is 0. The molecule has 1 N–H and O–H groups in total. The van der Waals surface area contributed by atoms with Crippen molar-refractivity contribution >= 4 is 21.6 Å². The number of nitrogens with one attached hydrogen (secondary N) is 1. The number of amides is 1. The van der Waals surface area contributed by atoms with Gasteiger partial charge in [0.2, 0.25) is 21.8 Å². The van der Waals surface area contributed by atoms with Crippen LogP contribution in [0, 0.1) is 0 Å². The van der Waals surface area contributed by atoms with Gasteiger partial charge in [0.25, 0.3) is 5.89 Å². The van der Waals surface area contributed by atoms with Gasteiger partial charge in [-0.15, -0.1) is 0 Å². The third-order valence-electron chi connectivity index (χ3n) is 5.68. The molecule has 0 radical (unpaired) electrons. The van der Waals surface area contributed by atoms with E-state index in [1.807, 2.05) is 37.4 Å². The van der Waals surface area contributed by atoms with E-state index in [-0.39, 0.29) is 23.2 Å². The first-order valence-corrected chi connectivity index (χ1v) is 12.1. The number of fused-ring (bicyclic) bond motifs is 1. The number of rotatable bonds is 5. The number of benzene rings is 2. The maximum absolute atomic E-state index is 13.3. The number of hydrogen-bond acceptors (Lipinski definition) is 7. The highest BCUT2D eigenvalue weighted by atomic mass is 32.2. The topological polar surface area (TPSA) is 123 Å². The average Bonchev–Trinajstić information content (AvgIpc) is 3.44. The van der Waals surface area contributed by atoms with E-state index in [4.69, 9.17) is 4.52 Å². The summed E-state index contributed by atoms with van der Waals surface area (Å²) < 4.78 is 35.3. The van der Waals surface area contributed by atoms with Crippen molar-refractivity contribution in [3.8, 4) is 23.0 Å². The number of carbonyl (C=O) groups is 1. The highest BCUT2D eigenvalue weighted by molar-refractivity contribution is 7.89. The summed E-state index contributed by atoms with van der Waals surface area (Å²) in [6.45, 7) is 1.85. The van der Waals surface area contributed by atoms with Gasteiger partial charge in [-0.05, 0) is 24.3 Å². The van der Waals surface area contributed by atoms with E-state index < -0.39 is 10.0 Å². The molecule has 3 heterocycles. The fourth-order valence-corrected chi connectivity index (χ4v) is 5.44. The van der Waals surface area contributed by atoms with Gasteiger partial charge in [-0.3, -0.25) is 9.48 Å². The molecular formula is C23H22N6O4S. The van der Waals surface area contributed by atoms with Crippen molar-refractivity contribution in [2.75, 3.05) is 11.9 Å². The third-order valence-corrected chi connectivity index (χ3v) is 7.54. The van der Waals surface area contributed by atoms with Gasteiger partial charge < -0.3 is 9.84 Å². The van der Waals surface area contributed by atoms with Gasteiger partial charge in [-0.25, -0.2) is 8.42 Å². The monoisotopic (exact) mass is 478 g/mol. The molecule has 0 saturated heterocycles. The molecule has 4 aromatic rings. The number of sulfonamides is 1. The Hall–Kier alpha value is -3.83. The van der Waals surface area contributed by atoms with Gasteiger partial charge in [-0.1, -0.05) is 35.5 Å². The zero-order chi connectivity index (χ0) is 23.9. The Kier molecular flexibility index (Phi) is 5.50. The van der Waals surface area contributed by atoms with Crippen LogP contribution in [-0.2, 0) is 34.8 Å². The lowest BCUT2D eigenvalue weighted by Crippen LogP contribution is -2.36. The number of nitrogens with zero attached hydrogens (tertiary/aromatic N) is 5. The fourth-order valence-electron chi connectivity index (χ4n) is 4.03. The summed E-state index contributed by atoms with van der Waals surface area (Å²) in [6, 6.07) is 15.6. The minimum atomic E-state index is -3.76. The van der Waals surface area contributed by atoms with Gasteiger partial charge in [0.15, 0.2) is 5.69 Å². The Morgan fingerprint density at radius 2 is 1.82 bits per heavy atom. The lowest BCUT2D eigenvalue weighted by atomic mass is 10.1. The predicted octanol–water partition coefficient (Wildman–Crippen LogP) is 2.84. The fraction of sp³-hybridized carbons (Fsp3) is 0.217. The molecule has 2 aromatic heterocycles. The normalized spacial score (nSPS) is 14.1. The highest BCUT2D eigenvalue weighted by Gasteiger charge is 2.33. The van der Waals surface area contributed by atoms with Crippen LogP contribution in [0.25, 0.3) is 23.0 Å². The molecule has 1 aliphatic heterocycles. The zero-order valence-corrected chi connectivity index (χ0v) is 19.4. The molecule has 11 heteroatoms. The summed E-state index contributed by atoms with van der Waals surface area (Å²) in [4.78, 5) is 15.9. The quantitative estimate of drug-likeness (QED) is 0.468. The molecule has 1 amide bonds. The molecule has 0 bridgehead atoms. The van der Waals surface area contributed by atoms with Gasteiger partial charge in [0.1, 0.15) is 0 Å². The highest BCUT2D eigenvalue weighted by Crippen LogP contribution is 2.32. The molecule has 5 rings (SSSR count). The van der Waals surface area contributed by atoms with Crippen LogP contribution < -0.4 is 5.32 Å². The van der Waals surface area contributed by atoms with Crippen LogP contribution >= 0.6 is 0 Å². The number of carbonyl (C=O) groups excluding carboxylic acids is 1. The second kappa shape index (κ2) is 8.50. The number of hydrogen-bond donors (Lipinski definition) is 1. The van der Waals surface area contributed by atoms with Crippen molar-refractivity contribution in [2.45, 2.75) is 24.8 Å². The Balaban J connectivity index is 1.44. The molecule has 0 fully saturated rings. The SMILES string of the molecule is CC(=O)Nc1ccc(S(=O)(=O)N2CCc3c(c(-c4nc(-c5ccccc5)no4)nn3C)C2)cc1. The lowest BCUT2D eigenvalue weighted by molar-refractivity contribution is -0.114. The van der Waals surface area contributed by atoms with E-state index in [0.29, 0.717) is 30.2 Å². The van der Waals surface area contributed by atoms with E-state index in [1.54, 1.807) is 16.8 Å². The molecule has 34 heavy (non-hydrogen) atoms. The zero-order valence-electron chi connectivity index (χ0n) is 18.6. The summed E-state index contributed by atoms with van der Waals surface area (Å²) in [5.74, 6) is 0.462. The van der Waals surface area contributed by atoms with Gasteiger partial charge >= 0.3 is 0 Å². The second-order valence-electron chi connectivity index (χ2n) is 7.98. The third kappa shape index (κ3) is 3.99. The van der Waals surface area contributed by atoms with Crippen LogP contribution in [-0.4, -0.2) is 45.1 Å². The minimum Gasteiger partial charge on any atom is -0.332 e. The largest absolute Gasteiger partial charge is 0.332 e. The number of aryl methyl sites for hydroxylation is 1.